The minimum atomic E-state index is 0.263. The zero-order valence-electron chi connectivity index (χ0n) is 16.2. The van der Waals surface area contributed by atoms with Gasteiger partial charge in [0.15, 0.2) is 0 Å². The molecule has 1 heterocycles. The first-order valence-corrected chi connectivity index (χ1v) is 10.3. The van der Waals surface area contributed by atoms with Gasteiger partial charge in [-0.2, -0.15) is 0 Å². The molecule has 0 amide bonds. The van der Waals surface area contributed by atoms with Crippen molar-refractivity contribution in [3.8, 4) is 5.75 Å². The summed E-state index contributed by atoms with van der Waals surface area (Å²) in [4.78, 5) is 0. The van der Waals surface area contributed by atoms with Crippen LogP contribution in [-0.2, 0) is 5.41 Å². The molecule has 0 spiro atoms. The number of rotatable bonds is 3. The molecule has 2 aliphatic rings. The standard InChI is InChI=1S/C24H31NO/c1-3-25(22-12-10-19(2)11-13-22)16-15-24(14-5-4-7-21(24)18-25)20-8-6-9-23(26)17-20/h6,8-13,17,21H,3-5,7,14-16,18H2,1-2H3/p+1/t21?,24-,25+/m1/s1. The second-order valence-corrected chi connectivity index (χ2v) is 8.60. The van der Waals surface area contributed by atoms with Crippen molar-refractivity contribution in [2.75, 3.05) is 19.6 Å². The molecule has 138 valence electrons. The van der Waals surface area contributed by atoms with E-state index < -0.39 is 0 Å². The molecule has 1 saturated carbocycles. The van der Waals surface area contributed by atoms with E-state index in [1.54, 1.807) is 6.07 Å². The monoisotopic (exact) mass is 350 g/mol. The number of likely N-dealkylation sites (tertiary alicyclic amines) is 1. The number of hydrogen-bond donors (Lipinski definition) is 1. The van der Waals surface area contributed by atoms with Gasteiger partial charge in [0.2, 0.25) is 0 Å². The van der Waals surface area contributed by atoms with Crippen molar-refractivity contribution in [3.63, 3.8) is 0 Å². The van der Waals surface area contributed by atoms with Crippen LogP contribution >= 0.6 is 0 Å². The fourth-order valence-corrected chi connectivity index (χ4v) is 5.74. The molecule has 2 aromatic rings. The average molecular weight is 351 g/mol. The summed E-state index contributed by atoms with van der Waals surface area (Å²) in [5, 5.41) is 10.1. The third-order valence-corrected chi connectivity index (χ3v) is 7.37. The Hall–Kier alpha value is -1.80. The Bertz CT molecular complexity index is 768. The SMILES string of the molecule is CC[N@+]1(c2ccc(C)cc2)CC[C@@]2(c3cccc(O)c3)CCCCC2C1. The Labute approximate surface area is 158 Å². The summed E-state index contributed by atoms with van der Waals surface area (Å²) in [6.45, 7) is 8.12. The first-order chi connectivity index (χ1) is 12.6. The summed E-state index contributed by atoms with van der Waals surface area (Å²) in [5.41, 5.74) is 4.46. The lowest BCUT2D eigenvalue weighted by atomic mass is 9.58. The molecule has 2 nitrogen and oxygen atoms in total. The zero-order chi connectivity index (χ0) is 18.2. The lowest BCUT2D eigenvalue weighted by molar-refractivity contribution is 0.0619. The maximum absolute atomic E-state index is 10.1. The van der Waals surface area contributed by atoms with Gasteiger partial charge in [-0.3, -0.25) is 4.48 Å². The Balaban J connectivity index is 1.71. The Morgan fingerprint density at radius 1 is 1.08 bits per heavy atom. The largest absolute Gasteiger partial charge is 0.508 e. The first-order valence-electron chi connectivity index (χ1n) is 10.3. The van der Waals surface area contributed by atoms with E-state index >= 15 is 0 Å². The van der Waals surface area contributed by atoms with Gasteiger partial charge in [-0.25, -0.2) is 0 Å². The number of piperidine rings is 1. The second-order valence-electron chi connectivity index (χ2n) is 8.60. The number of fused-ring (bicyclic) bond motifs is 1. The number of quaternary nitrogens is 1. The van der Waals surface area contributed by atoms with Crippen LogP contribution in [0.5, 0.6) is 5.75 Å². The summed E-state index contributed by atoms with van der Waals surface area (Å²) in [7, 11) is 0. The highest BCUT2D eigenvalue weighted by Gasteiger charge is 2.51. The maximum atomic E-state index is 10.1. The Morgan fingerprint density at radius 3 is 2.62 bits per heavy atom. The minimum absolute atomic E-state index is 0.263. The number of phenolic OH excluding ortho intramolecular Hbond substituents is 1. The fraction of sp³-hybridized carbons (Fsp3) is 0.500. The number of nitrogens with zero attached hydrogens (tertiary/aromatic N) is 1. The van der Waals surface area contributed by atoms with Gasteiger partial charge in [-0.15, -0.1) is 0 Å². The summed E-state index contributed by atoms with van der Waals surface area (Å²) in [6.07, 6.45) is 6.49. The van der Waals surface area contributed by atoms with Crippen LogP contribution in [0.4, 0.5) is 5.69 Å². The molecule has 26 heavy (non-hydrogen) atoms. The smallest absolute Gasteiger partial charge is 0.132 e. The summed E-state index contributed by atoms with van der Waals surface area (Å²) >= 11 is 0. The highest BCUT2D eigenvalue weighted by atomic mass is 16.3. The van der Waals surface area contributed by atoms with Gasteiger partial charge < -0.3 is 5.11 Å². The molecular weight excluding hydrogens is 318 g/mol. The summed E-state index contributed by atoms with van der Waals surface area (Å²) in [5.74, 6) is 1.12. The first kappa shape index (κ1) is 17.6. The van der Waals surface area contributed by atoms with Crippen LogP contribution in [0.15, 0.2) is 48.5 Å². The van der Waals surface area contributed by atoms with Gasteiger partial charge in [-0.1, -0.05) is 42.7 Å². The number of hydrogen-bond acceptors (Lipinski definition) is 1. The topological polar surface area (TPSA) is 20.2 Å². The van der Waals surface area contributed by atoms with Crippen LogP contribution in [0.2, 0.25) is 0 Å². The fourth-order valence-electron chi connectivity index (χ4n) is 5.74. The molecular formula is C24H32NO+. The number of aryl methyl sites for hydroxylation is 1. The lowest BCUT2D eigenvalue weighted by Crippen LogP contribution is -2.62. The minimum Gasteiger partial charge on any atom is -0.508 e. The summed E-state index contributed by atoms with van der Waals surface area (Å²) < 4.78 is 1.12. The van der Waals surface area contributed by atoms with Crippen molar-refractivity contribution in [3.05, 3.63) is 59.7 Å². The van der Waals surface area contributed by atoms with Gasteiger partial charge in [0.05, 0.1) is 19.6 Å². The molecule has 3 atom stereocenters. The van der Waals surface area contributed by atoms with Crippen molar-refractivity contribution in [1.82, 2.24) is 4.48 Å². The summed E-state index contributed by atoms with van der Waals surface area (Å²) in [6, 6.07) is 17.4. The number of benzene rings is 2. The maximum Gasteiger partial charge on any atom is 0.132 e. The van der Waals surface area contributed by atoms with Crippen LogP contribution in [-0.4, -0.2) is 24.7 Å². The normalized spacial score (nSPS) is 31.4. The predicted octanol–water partition coefficient (Wildman–Crippen LogP) is 5.56. The highest BCUT2D eigenvalue weighted by molar-refractivity contribution is 5.46. The van der Waals surface area contributed by atoms with Crippen molar-refractivity contribution < 1.29 is 5.11 Å². The van der Waals surface area contributed by atoms with E-state index in [4.69, 9.17) is 0 Å². The van der Waals surface area contributed by atoms with E-state index in [0.29, 0.717) is 11.7 Å². The van der Waals surface area contributed by atoms with Crippen molar-refractivity contribution in [1.29, 1.82) is 0 Å². The molecule has 2 aromatic carbocycles. The van der Waals surface area contributed by atoms with Crippen molar-refractivity contribution in [2.24, 2.45) is 5.92 Å². The van der Waals surface area contributed by atoms with Crippen LogP contribution in [0.3, 0.4) is 0 Å². The lowest BCUT2D eigenvalue weighted by Gasteiger charge is -2.54. The van der Waals surface area contributed by atoms with Gasteiger partial charge >= 0.3 is 0 Å². The van der Waals surface area contributed by atoms with E-state index in [9.17, 15) is 5.11 Å². The number of phenols is 1. The van der Waals surface area contributed by atoms with E-state index in [0.717, 1.165) is 11.0 Å². The van der Waals surface area contributed by atoms with Crippen LogP contribution in [0.25, 0.3) is 0 Å². The molecule has 1 unspecified atom stereocenters. The average Bonchev–Trinajstić information content (AvgIpc) is 2.68. The molecule has 2 fully saturated rings. The van der Waals surface area contributed by atoms with Crippen molar-refractivity contribution >= 4 is 5.69 Å². The van der Waals surface area contributed by atoms with E-state index in [2.05, 4.69) is 44.2 Å². The van der Waals surface area contributed by atoms with Gasteiger partial charge in [0, 0.05) is 17.8 Å². The molecule has 1 N–H and O–H groups in total. The third kappa shape index (κ3) is 2.85. The number of aromatic hydroxyl groups is 1. The molecule has 1 aliphatic carbocycles. The van der Waals surface area contributed by atoms with Gasteiger partial charge in [-0.05, 0) is 56.5 Å². The van der Waals surface area contributed by atoms with E-state index in [1.807, 2.05) is 12.1 Å². The van der Waals surface area contributed by atoms with E-state index in [-0.39, 0.29) is 5.41 Å². The van der Waals surface area contributed by atoms with Gasteiger partial charge in [0.25, 0.3) is 0 Å². The second kappa shape index (κ2) is 6.74. The predicted molar refractivity (Wildman–Crippen MR) is 110 cm³/mol. The molecule has 4 rings (SSSR count). The highest BCUT2D eigenvalue weighted by Crippen LogP contribution is 2.51. The van der Waals surface area contributed by atoms with Gasteiger partial charge in [0.1, 0.15) is 11.4 Å². The van der Waals surface area contributed by atoms with Crippen LogP contribution in [0, 0.1) is 12.8 Å². The van der Waals surface area contributed by atoms with E-state index in [1.165, 1.54) is 62.0 Å². The molecule has 0 bridgehead atoms. The van der Waals surface area contributed by atoms with Crippen LogP contribution < -0.4 is 4.48 Å². The van der Waals surface area contributed by atoms with Crippen LogP contribution in [0.1, 0.15) is 50.2 Å². The Morgan fingerprint density at radius 2 is 1.88 bits per heavy atom. The molecule has 1 aliphatic heterocycles. The third-order valence-electron chi connectivity index (χ3n) is 7.37. The zero-order valence-corrected chi connectivity index (χ0v) is 16.2. The molecule has 2 heteroatoms. The quantitative estimate of drug-likeness (QED) is 0.719. The molecule has 0 radical (unpaired) electrons. The molecule has 0 aromatic heterocycles. The van der Waals surface area contributed by atoms with Crippen molar-refractivity contribution in [2.45, 2.75) is 51.4 Å². The Kier molecular flexibility index (Phi) is 4.56. The molecule has 1 saturated heterocycles.